The van der Waals surface area contributed by atoms with Gasteiger partial charge < -0.3 is 0 Å². The molecule has 1 fully saturated rings. The number of alkyl halides is 1. The Kier molecular flexibility index (Phi) is 4.87. The Morgan fingerprint density at radius 2 is 2.24 bits per heavy atom. The maximum Gasteiger partial charge on any atom is 0.0413 e. The summed E-state index contributed by atoms with van der Waals surface area (Å²) < 4.78 is 1.04. The van der Waals surface area contributed by atoms with Crippen molar-refractivity contribution in [3.05, 3.63) is 28.5 Å². The molecule has 94 valence electrons. The predicted molar refractivity (Wildman–Crippen MR) is 76.4 cm³/mol. The van der Waals surface area contributed by atoms with Gasteiger partial charge in [0.05, 0.1) is 0 Å². The number of aromatic nitrogens is 1. The summed E-state index contributed by atoms with van der Waals surface area (Å²) in [5, 5.41) is 0.336. The van der Waals surface area contributed by atoms with Crippen LogP contribution in [0.1, 0.15) is 38.3 Å². The third-order valence-corrected chi connectivity index (χ3v) is 4.88. The summed E-state index contributed by atoms with van der Waals surface area (Å²) in [5.74, 6) is 1.47. The monoisotopic (exact) mass is 315 g/mol. The normalized spacial score (nSPS) is 29.2. The first kappa shape index (κ1) is 13.4. The van der Waals surface area contributed by atoms with E-state index in [1.807, 2.05) is 6.20 Å². The summed E-state index contributed by atoms with van der Waals surface area (Å²) in [5.41, 5.74) is 1.17. The number of hydrogen-bond donors (Lipinski definition) is 0. The number of nitrogens with zero attached hydrogens (tertiary/aromatic N) is 1. The van der Waals surface area contributed by atoms with Crippen molar-refractivity contribution in [1.82, 2.24) is 4.98 Å². The first-order chi connectivity index (χ1) is 8.19. The van der Waals surface area contributed by atoms with Crippen LogP contribution >= 0.6 is 27.5 Å². The lowest BCUT2D eigenvalue weighted by Gasteiger charge is -2.32. The highest BCUT2D eigenvalue weighted by Gasteiger charge is 2.28. The summed E-state index contributed by atoms with van der Waals surface area (Å²) >= 11 is 9.86. The molecular weight excluding hydrogens is 298 g/mol. The van der Waals surface area contributed by atoms with Gasteiger partial charge in [0.25, 0.3) is 0 Å². The van der Waals surface area contributed by atoms with Crippen LogP contribution in [0.15, 0.2) is 22.8 Å². The molecule has 17 heavy (non-hydrogen) atoms. The van der Waals surface area contributed by atoms with Crippen molar-refractivity contribution >= 4 is 27.5 Å². The Morgan fingerprint density at radius 1 is 1.41 bits per heavy atom. The fraction of sp³-hybridized carbons (Fsp3) is 0.643. The number of halogens is 2. The molecule has 1 aromatic rings. The number of pyridine rings is 1. The Balaban J connectivity index is 1.98. The Morgan fingerprint density at radius 3 is 2.88 bits per heavy atom. The lowest BCUT2D eigenvalue weighted by Crippen LogP contribution is -2.27. The van der Waals surface area contributed by atoms with E-state index in [4.69, 9.17) is 11.6 Å². The van der Waals surface area contributed by atoms with Gasteiger partial charge in [0.1, 0.15) is 0 Å². The molecule has 1 saturated carbocycles. The molecule has 1 aliphatic rings. The Bertz CT molecular complexity index is 352. The van der Waals surface area contributed by atoms with Crippen LogP contribution < -0.4 is 0 Å². The molecule has 0 aromatic carbocycles. The van der Waals surface area contributed by atoms with Gasteiger partial charge in [-0.2, -0.15) is 0 Å². The molecule has 3 heteroatoms. The first-order valence-corrected chi connectivity index (χ1v) is 7.66. The largest absolute Gasteiger partial charge is 0.260 e. The third kappa shape index (κ3) is 3.69. The maximum absolute atomic E-state index is 6.45. The molecule has 0 saturated heterocycles. The molecule has 0 N–H and O–H groups in total. The zero-order valence-corrected chi connectivity index (χ0v) is 12.5. The molecule has 0 amide bonds. The van der Waals surface area contributed by atoms with E-state index in [-0.39, 0.29) is 0 Å². The van der Waals surface area contributed by atoms with Gasteiger partial charge in [0.15, 0.2) is 0 Å². The van der Waals surface area contributed by atoms with E-state index in [1.54, 1.807) is 0 Å². The summed E-state index contributed by atoms with van der Waals surface area (Å²) in [7, 11) is 0. The molecule has 1 aromatic heterocycles. The van der Waals surface area contributed by atoms with Crippen LogP contribution in [-0.2, 0) is 6.42 Å². The van der Waals surface area contributed by atoms with Gasteiger partial charge in [0, 0.05) is 21.7 Å². The van der Waals surface area contributed by atoms with Crippen LogP contribution in [0.4, 0.5) is 0 Å². The predicted octanol–water partition coefficient (Wildman–Crippen LogP) is 4.82. The highest BCUT2D eigenvalue weighted by atomic mass is 79.9. The van der Waals surface area contributed by atoms with Crippen molar-refractivity contribution in [1.29, 1.82) is 0 Å². The number of rotatable bonds is 3. The summed E-state index contributed by atoms with van der Waals surface area (Å²) in [6.07, 6.45) is 7.92. The lowest BCUT2D eigenvalue weighted by atomic mass is 9.78. The molecule has 1 aliphatic carbocycles. The van der Waals surface area contributed by atoms with Crippen molar-refractivity contribution < 1.29 is 0 Å². The van der Waals surface area contributed by atoms with E-state index >= 15 is 0 Å². The zero-order valence-electron chi connectivity index (χ0n) is 10.2. The number of hydrogen-bond acceptors (Lipinski definition) is 1. The van der Waals surface area contributed by atoms with Crippen molar-refractivity contribution in [3.63, 3.8) is 0 Å². The molecule has 2 rings (SSSR count). The van der Waals surface area contributed by atoms with Crippen LogP contribution in [0.3, 0.4) is 0 Å². The smallest absolute Gasteiger partial charge is 0.0413 e. The first-order valence-electron chi connectivity index (χ1n) is 6.43. The lowest BCUT2D eigenvalue weighted by molar-refractivity contribution is 0.263. The van der Waals surface area contributed by atoms with E-state index in [2.05, 4.69) is 40.0 Å². The SMILES string of the molecule is CCC1CCC(Cl)C(Cc2ccc(Br)cn2)C1. The Hall–Kier alpha value is -0.0800. The van der Waals surface area contributed by atoms with Gasteiger partial charge in [0.2, 0.25) is 0 Å². The van der Waals surface area contributed by atoms with E-state index < -0.39 is 0 Å². The van der Waals surface area contributed by atoms with Crippen LogP contribution in [-0.4, -0.2) is 10.4 Å². The quantitative estimate of drug-likeness (QED) is 0.729. The molecule has 0 spiro atoms. The van der Waals surface area contributed by atoms with Gasteiger partial charge in [-0.1, -0.05) is 13.3 Å². The highest BCUT2D eigenvalue weighted by molar-refractivity contribution is 9.10. The zero-order chi connectivity index (χ0) is 12.3. The van der Waals surface area contributed by atoms with E-state index in [0.29, 0.717) is 11.3 Å². The summed E-state index contributed by atoms with van der Waals surface area (Å²) in [6.45, 7) is 2.29. The molecular formula is C14H19BrClN. The van der Waals surface area contributed by atoms with E-state index in [9.17, 15) is 0 Å². The minimum absolute atomic E-state index is 0.336. The van der Waals surface area contributed by atoms with Gasteiger partial charge in [-0.15, -0.1) is 11.6 Å². The molecule has 0 radical (unpaired) electrons. The van der Waals surface area contributed by atoms with Gasteiger partial charge in [-0.05, 0) is 65.6 Å². The average Bonchev–Trinajstić information content (AvgIpc) is 2.35. The summed E-state index contributed by atoms with van der Waals surface area (Å²) in [6, 6.07) is 4.16. The fourth-order valence-electron chi connectivity index (χ4n) is 2.70. The van der Waals surface area contributed by atoms with E-state index in [1.165, 1.54) is 31.4 Å². The second-order valence-electron chi connectivity index (χ2n) is 5.04. The van der Waals surface area contributed by atoms with Gasteiger partial charge in [-0.3, -0.25) is 4.98 Å². The standard InChI is InChI=1S/C14H19BrClN/c1-2-10-3-6-14(16)11(7-10)8-13-5-4-12(15)9-17-13/h4-5,9-11,14H,2-3,6-8H2,1H3. The van der Waals surface area contributed by atoms with Crippen molar-refractivity contribution in [2.24, 2.45) is 11.8 Å². The Labute approximate surface area is 117 Å². The summed E-state index contributed by atoms with van der Waals surface area (Å²) in [4.78, 5) is 4.45. The van der Waals surface area contributed by atoms with Crippen LogP contribution in [0.2, 0.25) is 0 Å². The second kappa shape index (κ2) is 6.19. The highest BCUT2D eigenvalue weighted by Crippen LogP contribution is 2.36. The van der Waals surface area contributed by atoms with E-state index in [0.717, 1.165) is 16.8 Å². The van der Waals surface area contributed by atoms with Crippen molar-refractivity contribution in [2.75, 3.05) is 0 Å². The third-order valence-electron chi connectivity index (χ3n) is 3.84. The molecule has 0 bridgehead atoms. The van der Waals surface area contributed by atoms with Crippen LogP contribution in [0.25, 0.3) is 0 Å². The minimum Gasteiger partial charge on any atom is -0.260 e. The average molecular weight is 317 g/mol. The van der Waals surface area contributed by atoms with Crippen molar-refractivity contribution in [3.8, 4) is 0 Å². The minimum atomic E-state index is 0.336. The molecule has 1 nitrogen and oxygen atoms in total. The molecule has 1 heterocycles. The van der Waals surface area contributed by atoms with Crippen LogP contribution in [0.5, 0.6) is 0 Å². The molecule has 0 aliphatic heterocycles. The molecule has 3 atom stereocenters. The molecule has 3 unspecified atom stereocenters. The van der Waals surface area contributed by atoms with Gasteiger partial charge in [-0.25, -0.2) is 0 Å². The van der Waals surface area contributed by atoms with Gasteiger partial charge >= 0.3 is 0 Å². The second-order valence-corrected chi connectivity index (χ2v) is 6.51. The fourth-order valence-corrected chi connectivity index (χ4v) is 3.25. The van der Waals surface area contributed by atoms with Crippen molar-refractivity contribution in [2.45, 2.75) is 44.4 Å². The maximum atomic E-state index is 6.45. The topological polar surface area (TPSA) is 12.9 Å². The van der Waals surface area contributed by atoms with Crippen LogP contribution in [0, 0.1) is 11.8 Å².